The number of nitrogens with one attached hydrogen (secondary N) is 1. The molecule has 0 radical (unpaired) electrons. The molecule has 11 heteroatoms. The SMILES string of the molecule is CCOc1cc(C=NN=C2NC(=O)C(CC(=O)O)S2)c(Br)cc1OC(=O)c1ccccc1. The van der Waals surface area contributed by atoms with E-state index in [0.29, 0.717) is 28.0 Å². The first-order chi connectivity index (χ1) is 15.4. The van der Waals surface area contributed by atoms with Crippen molar-refractivity contribution in [3.63, 3.8) is 0 Å². The molecule has 1 fully saturated rings. The van der Waals surface area contributed by atoms with Gasteiger partial charge in [0.2, 0.25) is 5.91 Å². The fraction of sp³-hybridized carbons (Fsp3) is 0.190. The lowest BCUT2D eigenvalue weighted by atomic mass is 10.2. The predicted octanol–water partition coefficient (Wildman–Crippen LogP) is 3.46. The number of hydrogen-bond donors (Lipinski definition) is 2. The molecule has 9 nitrogen and oxygen atoms in total. The van der Waals surface area contributed by atoms with Crippen LogP contribution in [-0.4, -0.2) is 46.2 Å². The van der Waals surface area contributed by atoms with Crippen molar-refractivity contribution >= 4 is 56.9 Å². The summed E-state index contributed by atoms with van der Waals surface area (Å²) < 4.78 is 11.7. The Bertz CT molecular complexity index is 1090. The van der Waals surface area contributed by atoms with Crippen molar-refractivity contribution in [2.75, 3.05) is 6.61 Å². The van der Waals surface area contributed by atoms with Gasteiger partial charge in [-0.25, -0.2) is 4.79 Å². The van der Waals surface area contributed by atoms with E-state index in [9.17, 15) is 14.4 Å². The van der Waals surface area contributed by atoms with Crippen molar-refractivity contribution in [2.24, 2.45) is 10.2 Å². The number of rotatable bonds is 8. The minimum atomic E-state index is -1.07. The third kappa shape index (κ3) is 6.17. The maximum Gasteiger partial charge on any atom is 0.343 e. The standard InChI is InChI=1S/C21H18BrN3O6S/c1-2-30-15-8-13(11-23-25-21-24-19(28)17(32-21)10-18(26)27)14(22)9-16(15)31-20(29)12-6-4-3-5-7-12/h3-9,11,17H,2,10H2,1H3,(H,26,27)(H,24,25,28). The van der Waals surface area contributed by atoms with Gasteiger partial charge in [0.05, 0.1) is 24.8 Å². The fourth-order valence-electron chi connectivity index (χ4n) is 2.62. The van der Waals surface area contributed by atoms with Crippen molar-refractivity contribution < 1.29 is 29.0 Å². The normalized spacial score (nSPS) is 16.9. The zero-order valence-corrected chi connectivity index (χ0v) is 19.2. The minimum Gasteiger partial charge on any atom is -0.490 e. The Labute approximate surface area is 196 Å². The topological polar surface area (TPSA) is 127 Å². The number of aliphatic carboxylic acids is 1. The summed E-state index contributed by atoms with van der Waals surface area (Å²) in [4.78, 5) is 34.9. The smallest absolute Gasteiger partial charge is 0.343 e. The predicted molar refractivity (Wildman–Crippen MR) is 124 cm³/mol. The van der Waals surface area contributed by atoms with Crippen LogP contribution in [0, 0.1) is 0 Å². The summed E-state index contributed by atoms with van der Waals surface area (Å²) in [5, 5.41) is 18.7. The molecular weight excluding hydrogens is 502 g/mol. The maximum atomic E-state index is 12.4. The molecule has 1 saturated heterocycles. The second-order valence-corrected chi connectivity index (χ2v) is 8.40. The molecule has 0 bridgehead atoms. The van der Waals surface area contributed by atoms with E-state index in [1.807, 2.05) is 0 Å². The highest BCUT2D eigenvalue weighted by atomic mass is 79.9. The van der Waals surface area contributed by atoms with Crippen LogP contribution in [0.15, 0.2) is 57.1 Å². The Kier molecular flexibility index (Phi) is 8.01. The highest BCUT2D eigenvalue weighted by Crippen LogP contribution is 2.34. The van der Waals surface area contributed by atoms with E-state index in [4.69, 9.17) is 14.6 Å². The Balaban J connectivity index is 1.76. The molecule has 2 N–H and O–H groups in total. The second kappa shape index (κ2) is 10.9. The number of ether oxygens (including phenoxy) is 2. The zero-order valence-electron chi connectivity index (χ0n) is 16.8. The van der Waals surface area contributed by atoms with Crippen molar-refractivity contribution in [3.8, 4) is 11.5 Å². The lowest BCUT2D eigenvalue weighted by molar-refractivity contribution is -0.138. The number of amides is 1. The van der Waals surface area contributed by atoms with E-state index in [1.54, 1.807) is 49.4 Å². The lowest BCUT2D eigenvalue weighted by Crippen LogP contribution is -2.26. The van der Waals surface area contributed by atoms with Gasteiger partial charge in [0.1, 0.15) is 5.25 Å². The molecule has 1 amide bonds. The number of carbonyl (C=O) groups is 3. The molecule has 0 aliphatic carbocycles. The van der Waals surface area contributed by atoms with Crippen LogP contribution in [0.3, 0.4) is 0 Å². The van der Waals surface area contributed by atoms with Gasteiger partial charge in [-0.2, -0.15) is 5.10 Å². The first kappa shape index (κ1) is 23.5. The van der Waals surface area contributed by atoms with Gasteiger partial charge >= 0.3 is 11.9 Å². The average Bonchev–Trinajstić information content (AvgIpc) is 3.10. The Morgan fingerprint density at radius 2 is 2.00 bits per heavy atom. The van der Waals surface area contributed by atoms with Crippen LogP contribution in [0.25, 0.3) is 0 Å². The van der Waals surface area contributed by atoms with Crippen LogP contribution in [0.1, 0.15) is 29.3 Å². The molecule has 3 rings (SSSR count). The van der Waals surface area contributed by atoms with Gasteiger partial charge in [-0.05, 0) is 47.1 Å². The number of carboxylic acid groups (broad SMARTS) is 1. The summed E-state index contributed by atoms with van der Waals surface area (Å²) in [6.07, 6.45) is 1.13. The minimum absolute atomic E-state index is 0.215. The highest BCUT2D eigenvalue weighted by Gasteiger charge is 2.32. The van der Waals surface area contributed by atoms with Gasteiger partial charge in [0.25, 0.3) is 0 Å². The summed E-state index contributed by atoms with van der Waals surface area (Å²) in [6.45, 7) is 2.15. The van der Waals surface area contributed by atoms with Gasteiger partial charge in [-0.1, -0.05) is 30.0 Å². The van der Waals surface area contributed by atoms with Crippen molar-refractivity contribution in [3.05, 3.63) is 58.1 Å². The molecule has 1 unspecified atom stereocenters. The Hall–Kier alpha value is -3.18. The number of amidine groups is 1. The van der Waals surface area contributed by atoms with Crippen molar-refractivity contribution in [1.29, 1.82) is 0 Å². The number of benzene rings is 2. The monoisotopic (exact) mass is 519 g/mol. The Morgan fingerprint density at radius 1 is 1.25 bits per heavy atom. The number of carboxylic acids is 1. The van der Waals surface area contributed by atoms with Gasteiger partial charge in [0.15, 0.2) is 16.7 Å². The first-order valence-corrected chi connectivity index (χ1v) is 11.1. The van der Waals surface area contributed by atoms with E-state index < -0.39 is 23.1 Å². The summed E-state index contributed by atoms with van der Waals surface area (Å²) in [7, 11) is 0. The summed E-state index contributed by atoms with van der Waals surface area (Å²) in [5.74, 6) is -1.42. The van der Waals surface area contributed by atoms with Gasteiger partial charge in [-0.3, -0.25) is 9.59 Å². The third-order valence-electron chi connectivity index (χ3n) is 4.06. The molecular formula is C21H18BrN3O6S. The Morgan fingerprint density at radius 3 is 2.69 bits per heavy atom. The molecule has 1 aliphatic rings. The maximum absolute atomic E-state index is 12.4. The number of halogens is 1. The highest BCUT2D eigenvalue weighted by molar-refractivity contribution is 9.10. The summed E-state index contributed by atoms with van der Waals surface area (Å²) >= 11 is 4.42. The number of nitrogens with zero attached hydrogens (tertiary/aromatic N) is 2. The lowest BCUT2D eigenvalue weighted by Gasteiger charge is -2.12. The van der Waals surface area contributed by atoms with E-state index in [0.717, 1.165) is 11.8 Å². The first-order valence-electron chi connectivity index (χ1n) is 9.41. The van der Waals surface area contributed by atoms with Gasteiger partial charge < -0.3 is 19.9 Å². The van der Waals surface area contributed by atoms with Crippen LogP contribution in [0.5, 0.6) is 11.5 Å². The number of carbonyl (C=O) groups excluding carboxylic acids is 2. The van der Waals surface area contributed by atoms with Crippen molar-refractivity contribution in [1.82, 2.24) is 5.32 Å². The number of thioether (sulfide) groups is 1. The number of esters is 1. The molecule has 1 atom stereocenters. The molecule has 1 aliphatic heterocycles. The van der Waals surface area contributed by atoms with Crippen LogP contribution in [0.2, 0.25) is 0 Å². The third-order valence-corrected chi connectivity index (χ3v) is 5.82. The molecule has 166 valence electrons. The fourth-order valence-corrected chi connectivity index (χ4v) is 3.96. The van der Waals surface area contributed by atoms with Crippen LogP contribution in [-0.2, 0) is 9.59 Å². The molecule has 1 heterocycles. The van der Waals surface area contributed by atoms with Gasteiger partial charge in [0, 0.05) is 10.0 Å². The van der Waals surface area contributed by atoms with E-state index in [2.05, 4.69) is 31.4 Å². The molecule has 0 aromatic heterocycles. The molecule has 2 aromatic carbocycles. The molecule has 0 saturated carbocycles. The summed E-state index contributed by atoms with van der Waals surface area (Å²) in [6, 6.07) is 11.8. The average molecular weight is 520 g/mol. The summed E-state index contributed by atoms with van der Waals surface area (Å²) in [5.41, 5.74) is 0.999. The zero-order chi connectivity index (χ0) is 23.1. The van der Waals surface area contributed by atoms with E-state index >= 15 is 0 Å². The molecule has 0 spiro atoms. The molecule has 2 aromatic rings. The van der Waals surface area contributed by atoms with Crippen LogP contribution >= 0.6 is 27.7 Å². The van der Waals surface area contributed by atoms with E-state index in [1.165, 1.54) is 6.21 Å². The largest absolute Gasteiger partial charge is 0.490 e. The van der Waals surface area contributed by atoms with Crippen LogP contribution in [0.4, 0.5) is 0 Å². The van der Waals surface area contributed by atoms with Gasteiger partial charge in [-0.15, -0.1) is 5.10 Å². The quantitative estimate of drug-likeness (QED) is 0.236. The van der Waals surface area contributed by atoms with Crippen molar-refractivity contribution in [2.45, 2.75) is 18.6 Å². The second-order valence-electron chi connectivity index (χ2n) is 6.35. The van der Waals surface area contributed by atoms with E-state index in [-0.39, 0.29) is 17.3 Å². The molecule has 32 heavy (non-hydrogen) atoms. The van der Waals surface area contributed by atoms with Crippen LogP contribution < -0.4 is 14.8 Å². The number of hydrogen-bond acceptors (Lipinski definition) is 8.